The number of nitrogens with one attached hydrogen (secondary N) is 2. The number of aromatic nitrogens is 4. The normalized spacial score (nSPS) is 18.2. The molecule has 3 aromatic rings. The number of hydrazine groups is 1. The largest absolute Gasteiger partial charge is 0.344 e. The first-order valence-corrected chi connectivity index (χ1v) is 10.4. The van der Waals surface area contributed by atoms with Gasteiger partial charge in [-0.3, -0.25) is 15.0 Å². The number of carbonyl (C=O) groups is 3. The smallest absolute Gasteiger partial charge is 0.318 e. The highest BCUT2D eigenvalue weighted by atomic mass is 32.2. The molecule has 0 saturated carbocycles. The maximum absolute atomic E-state index is 12.9. The Morgan fingerprint density at radius 2 is 1.84 bits per heavy atom. The molecule has 1 saturated heterocycles. The van der Waals surface area contributed by atoms with Gasteiger partial charge < -0.3 is 5.32 Å². The van der Waals surface area contributed by atoms with Gasteiger partial charge in [0, 0.05) is 0 Å². The molecule has 0 aliphatic carbocycles. The van der Waals surface area contributed by atoms with Crippen molar-refractivity contribution in [1.82, 2.24) is 36.0 Å². The van der Waals surface area contributed by atoms with Crippen molar-refractivity contribution in [2.45, 2.75) is 24.5 Å². The van der Waals surface area contributed by atoms with Gasteiger partial charge in [-0.1, -0.05) is 59.8 Å². The molecule has 2 N–H and O–H groups in total. The van der Waals surface area contributed by atoms with E-state index in [2.05, 4.69) is 26.3 Å². The summed E-state index contributed by atoms with van der Waals surface area (Å²) in [6.45, 7) is 3.57. The monoisotopic (exact) mass is 437 g/mol. The van der Waals surface area contributed by atoms with Crippen LogP contribution in [0.3, 0.4) is 0 Å². The fourth-order valence-electron chi connectivity index (χ4n) is 3.11. The number of hydrogen-bond donors (Lipinski definition) is 2. The van der Waals surface area contributed by atoms with Crippen molar-refractivity contribution in [3.8, 4) is 5.69 Å². The first-order valence-electron chi connectivity index (χ1n) is 9.38. The Hall–Kier alpha value is -3.73. The molecule has 4 rings (SSSR count). The maximum atomic E-state index is 12.9. The molecule has 2 heterocycles. The van der Waals surface area contributed by atoms with E-state index >= 15 is 0 Å². The van der Waals surface area contributed by atoms with Gasteiger partial charge in [-0.15, -0.1) is 5.10 Å². The van der Waals surface area contributed by atoms with Crippen LogP contribution >= 0.6 is 11.8 Å². The molecular formula is C20H19N7O3S. The number of thioether (sulfide) groups is 1. The van der Waals surface area contributed by atoms with E-state index in [1.165, 1.54) is 4.68 Å². The molecule has 10 nitrogen and oxygen atoms in total. The second kappa shape index (κ2) is 8.19. The molecule has 1 aromatic heterocycles. The standard InChI is InChI=1S/C20H19N7O3S/c1-13-8-10-15(11-9-13)26-19(22-24-25-26)31-12-16(28)23-27-17(29)20(2,21-18(27)30)14-6-4-3-5-7-14/h3-11H,12H2,1-2H3,(H,21,30)(H,23,28)/t20-/m0/s1. The van der Waals surface area contributed by atoms with E-state index in [4.69, 9.17) is 0 Å². The van der Waals surface area contributed by atoms with Crippen molar-refractivity contribution in [2.24, 2.45) is 0 Å². The molecule has 4 amide bonds. The summed E-state index contributed by atoms with van der Waals surface area (Å²) in [7, 11) is 0. The van der Waals surface area contributed by atoms with Gasteiger partial charge in [0.2, 0.25) is 11.1 Å². The summed E-state index contributed by atoms with van der Waals surface area (Å²) >= 11 is 1.09. The van der Waals surface area contributed by atoms with Crippen LogP contribution in [0.4, 0.5) is 4.79 Å². The molecule has 0 unspecified atom stereocenters. The summed E-state index contributed by atoms with van der Waals surface area (Å²) in [5.41, 5.74) is 3.59. The number of tetrazole rings is 1. The van der Waals surface area contributed by atoms with Gasteiger partial charge in [0.25, 0.3) is 5.91 Å². The van der Waals surface area contributed by atoms with Crippen LogP contribution < -0.4 is 10.7 Å². The van der Waals surface area contributed by atoms with E-state index in [0.717, 1.165) is 23.0 Å². The molecule has 158 valence electrons. The Balaban J connectivity index is 1.41. The first-order chi connectivity index (χ1) is 14.9. The van der Waals surface area contributed by atoms with Crippen molar-refractivity contribution in [2.75, 3.05) is 5.75 Å². The summed E-state index contributed by atoms with van der Waals surface area (Å²) in [6, 6.07) is 15.7. The van der Waals surface area contributed by atoms with Gasteiger partial charge in [-0.2, -0.15) is 9.69 Å². The third kappa shape index (κ3) is 3.99. The predicted octanol–water partition coefficient (Wildman–Crippen LogP) is 1.56. The highest BCUT2D eigenvalue weighted by Crippen LogP contribution is 2.27. The fraction of sp³-hybridized carbons (Fsp3) is 0.200. The molecule has 1 atom stereocenters. The van der Waals surface area contributed by atoms with Crippen LogP contribution in [0, 0.1) is 6.92 Å². The van der Waals surface area contributed by atoms with E-state index in [0.29, 0.717) is 15.7 Å². The number of rotatable bonds is 6. The third-order valence-corrected chi connectivity index (χ3v) is 5.75. The molecule has 2 aromatic carbocycles. The zero-order valence-corrected chi connectivity index (χ0v) is 17.6. The number of amides is 4. The summed E-state index contributed by atoms with van der Waals surface area (Å²) in [4.78, 5) is 37.6. The van der Waals surface area contributed by atoms with E-state index in [-0.39, 0.29) is 5.75 Å². The molecule has 1 aliphatic heterocycles. The van der Waals surface area contributed by atoms with Gasteiger partial charge in [-0.05, 0) is 42.0 Å². The number of imide groups is 1. The number of aryl methyl sites for hydroxylation is 1. The molecular weight excluding hydrogens is 418 g/mol. The molecule has 0 spiro atoms. The van der Waals surface area contributed by atoms with Gasteiger partial charge in [0.05, 0.1) is 11.4 Å². The number of nitrogens with zero attached hydrogens (tertiary/aromatic N) is 5. The topological polar surface area (TPSA) is 122 Å². The van der Waals surface area contributed by atoms with Crippen LogP contribution in [0.1, 0.15) is 18.1 Å². The third-order valence-electron chi connectivity index (χ3n) is 4.83. The minimum absolute atomic E-state index is 0.0919. The first kappa shape index (κ1) is 20.5. The van der Waals surface area contributed by atoms with Crippen LogP contribution in [-0.4, -0.2) is 48.8 Å². The van der Waals surface area contributed by atoms with Crippen LogP contribution in [-0.2, 0) is 15.1 Å². The van der Waals surface area contributed by atoms with Crippen LogP contribution in [0.2, 0.25) is 0 Å². The van der Waals surface area contributed by atoms with E-state index in [1.807, 2.05) is 37.3 Å². The predicted molar refractivity (Wildman–Crippen MR) is 112 cm³/mol. The zero-order chi connectivity index (χ0) is 22.0. The number of benzene rings is 2. The highest BCUT2D eigenvalue weighted by molar-refractivity contribution is 7.99. The minimum Gasteiger partial charge on any atom is -0.318 e. The van der Waals surface area contributed by atoms with E-state index in [9.17, 15) is 14.4 Å². The molecule has 0 radical (unpaired) electrons. The lowest BCUT2D eigenvalue weighted by atomic mass is 9.92. The number of hydrogen-bond acceptors (Lipinski definition) is 7. The molecule has 1 aliphatic rings. The minimum atomic E-state index is -1.26. The molecule has 11 heteroatoms. The lowest BCUT2D eigenvalue weighted by molar-refractivity contribution is -0.138. The van der Waals surface area contributed by atoms with Crippen molar-refractivity contribution in [3.63, 3.8) is 0 Å². The maximum Gasteiger partial charge on any atom is 0.344 e. The van der Waals surface area contributed by atoms with E-state index in [1.54, 1.807) is 31.2 Å². The Kier molecular flexibility index (Phi) is 5.42. The van der Waals surface area contributed by atoms with Gasteiger partial charge in [0.15, 0.2) is 0 Å². The average molecular weight is 437 g/mol. The van der Waals surface area contributed by atoms with Crippen LogP contribution in [0.15, 0.2) is 59.8 Å². The van der Waals surface area contributed by atoms with Crippen molar-refractivity contribution in [3.05, 3.63) is 65.7 Å². The lowest BCUT2D eigenvalue weighted by Gasteiger charge is -2.22. The summed E-state index contributed by atoms with van der Waals surface area (Å²) in [5, 5.41) is 15.3. The summed E-state index contributed by atoms with van der Waals surface area (Å²) < 4.78 is 1.51. The van der Waals surface area contributed by atoms with Crippen molar-refractivity contribution >= 4 is 29.6 Å². The van der Waals surface area contributed by atoms with Crippen molar-refractivity contribution < 1.29 is 14.4 Å². The van der Waals surface area contributed by atoms with Gasteiger partial charge in [-0.25, -0.2) is 4.79 Å². The second-order valence-electron chi connectivity index (χ2n) is 7.09. The fourth-order valence-corrected chi connectivity index (χ4v) is 3.79. The van der Waals surface area contributed by atoms with Crippen LogP contribution in [0.5, 0.6) is 0 Å². The number of carbonyl (C=O) groups excluding carboxylic acids is 3. The summed E-state index contributed by atoms with van der Waals surface area (Å²) in [6.07, 6.45) is 0. The number of urea groups is 1. The molecule has 0 bridgehead atoms. The quantitative estimate of drug-likeness (QED) is 0.443. The second-order valence-corrected chi connectivity index (χ2v) is 8.04. The SMILES string of the molecule is Cc1ccc(-n2nnnc2SCC(=O)NN2C(=O)N[C@@](C)(c3ccccc3)C2=O)cc1. The molecule has 31 heavy (non-hydrogen) atoms. The zero-order valence-electron chi connectivity index (χ0n) is 16.8. The Morgan fingerprint density at radius 3 is 2.55 bits per heavy atom. The van der Waals surface area contributed by atoms with Crippen molar-refractivity contribution in [1.29, 1.82) is 0 Å². The summed E-state index contributed by atoms with van der Waals surface area (Å²) in [5.74, 6) is -1.19. The Morgan fingerprint density at radius 1 is 1.13 bits per heavy atom. The Labute approximate surface area is 182 Å². The highest BCUT2D eigenvalue weighted by Gasteiger charge is 2.49. The lowest BCUT2D eigenvalue weighted by Crippen LogP contribution is -2.48. The molecule has 1 fully saturated rings. The van der Waals surface area contributed by atoms with E-state index < -0.39 is 23.4 Å². The van der Waals surface area contributed by atoms with Gasteiger partial charge in [0.1, 0.15) is 5.54 Å². The average Bonchev–Trinajstić information content (AvgIpc) is 3.32. The van der Waals surface area contributed by atoms with Gasteiger partial charge >= 0.3 is 6.03 Å². The van der Waals surface area contributed by atoms with Crippen LogP contribution in [0.25, 0.3) is 5.69 Å². The Bertz CT molecular complexity index is 1130.